The van der Waals surface area contributed by atoms with E-state index in [2.05, 4.69) is 0 Å². The summed E-state index contributed by atoms with van der Waals surface area (Å²) in [5.74, 6) is 6.24. The molecule has 0 atom stereocenters. The lowest BCUT2D eigenvalue weighted by molar-refractivity contribution is 0.102. The zero-order valence-electron chi connectivity index (χ0n) is 24.0. The molecule has 3 rings (SSSR count). The third-order valence-electron chi connectivity index (χ3n) is 10.9. The fourth-order valence-electron chi connectivity index (χ4n) is 8.45. The van der Waals surface area contributed by atoms with Crippen molar-refractivity contribution in [3.05, 3.63) is 0 Å². The van der Waals surface area contributed by atoms with Crippen LogP contribution in [0.3, 0.4) is 0 Å². The summed E-state index contributed by atoms with van der Waals surface area (Å²) < 4.78 is 24.3. The molecule has 0 nitrogen and oxygen atoms in total. The van der Waals surface area contributed by atoms with E-state index in [9.17, 15) is 8.78 Å². The first-order valence-electron chi connectivity index (χ1n) is 16.9. The van der Waals surface area contributed by atoms with E-state index in [-0.39, 0.29) is 13.3 Å². The number of hydrogen-bond donors (Lipinski definition) is 0. The Kier molecular flexibility index (Phi) is 16.0. The standard InChI is InChI=1S/C34H62F2/c35-27-11-7-3-1-5-9-13-29-15-19-31(20-16-29)33-23-25-34(26-24-33)32-21-17-30(18-22-32)14-10-6-2-4-8-12-28-36/h29-34H,1-28H2. The van der Waals surface area contributed by atoms with Gasteiger partial charge in [0, 0.05) is 0 Å². The molecule has 0 saturated heterocycles. The number of unbranched alkanes of at least 4 members (excludes halogenated alkanes) is 10. The van der Waals surface area contributed by atoms with Crippen LogP contribution in [-0.4, -0.2) is 13.3 Å². The van der Waals surface area contributed by atoms with Crippen LogP contribution in [-0.2, 0) is 0 Å². The average Bonchev–Trinajstić information content (AvgIpc) is 2.93. The number of rotatable bonds is 18. The van der Waals surface area contributed by atoms with Crippen molar-refractivity contribution in [2.75, 3.05) is 13.3 Å². The zero-order chi connectivity index (χ0) is 25.3. The summed E-state index contributed by atoms with van der Waals surface area (Å²) in [5.41, 5.74) is 0. The van der Waals surface area contributed by atoms with Crippen LogP contribution in [0.5, 0.6) is 0 Å². The van der Waals surface area contributed by atoms with Crippen molar-refractivity contribution in [1.82, 2.24) is 0 Å². The topological polar surface area (TPSA) is 0 Å². The van der Waals surface area contributed by atoms with Gasteiger partial charge in [0.15, 0.2) is 0 Å². The van der Waals surface area contributed by atoms with E-state index in [0.717, 1.165) is 61.2 Å². The van der Waals surface area contributed by atoms with Crippen molar-refractivity contribution in [3.63, 3.8) is 0 Å². The third kappa shape index (κ3) is 11.7. The molecule has 3 fully saturated rings. The van der Waals surface area contributed by atoms with Crippen molar-refractivity contribution in [2.24, 2.45) is 35.5 Å². The highest BCUT2D eigenvalue weighted by Crippen LogP contribution is 2.46. The van der Waals surface area contributed by atoms with Gasteiger partial charge in [0.2, 0.25) is 0 Å². The molecule has 3 aliphatic rings. The Balaban J connectivity index is 1.18. The Labute approximate surface area is 224 Å². The summed E-state index contributed by atoms with van der Waals surface area (Å²) in [6.45, 7) is -0.254. The zero-order valence-corrected chi connectivity index (χ0v) is 24.0. The molecule has 2 heteroatoms. The Morgan fingerprint density at radius 2 is 0.556 bits per heavy atom. The molecule has 0 spiro atoms. The second-order valence-corrected chi connectivity index (χ2v) is 13.4. The molecule has 36 heavy (non-hydrogen) atoms. The normalized spacial score (nSPS) is 31.5. The lowest BCUT2D eigenvalue weighted by Gasteiger charge is -2.41. The van der Waals surface area contributed by atoms with Gasteiger partial charge in [-0.1, -0.05) is 103 Å². The minimum atomic E-state index is -0.127. The highest BCUT2D eigenvalue weighted by molar-refractivity contribution is 4.86. The van der Waals surface area contributed by atoms with Crippen LogP contribution in [0.15, 0.2) is 0 Å². The van der Waals surface area contributed by atoms with Gasteiger partial charge in [0.25, 0.3) is 0 Å². The van der Waals surface area contributed by atoms with E-state index in [1.165, 1.54) is 116 Å². The first-order valence-corrected chi connectivity index (χ1v) is 16.9. The Hall–Kier alpha value is -0.140. The highest BCUT2D eigenvalue weighted by atomic mass is 19.1. The summed E-state index contributed by atoms with van der Waals surface area (Å²) in [4.78, 5) is 0. The summed E-state index contributed by atoms with van der Waals surface area (Å²) in [7, 11) is 0. The molecule has 0 radical (unpaired) electrons. The molecule has 0 bridgehead atoms. The second kappa shape index (κ2) is 19.0. The van der Waals surface area contributed by atoms with E-state index in [0.29, 0.717) is 0 Å². The van der Waals surface area contributed by atoms with Gasteiger partial charge in [-0.05, 0) is 99.7 Å². The smallest absolute Gasteiger partial charge is 0.0894 e. The van der Waals surface area contributed by atoms with Crippen molar-refractivity contribution in [1.29, 1.82) is 0 Å². The fourth-order valence-corrected chi connectivity index (χ4v) is 8.45. The minimum Gasteiger partial charge on any atom is -0.251 e. The van der Waals surface area contributed by atoms with Crippen LogP contribution in [0.2, 0.25) is 0 Å². The molecule has 3 saturated carbocycles. The molecule has 0 heterocycles. The molecule has 0 amide bonds. The van der Waals surface area contributed by atoms with E-state index < -0.39 is 0 Å². The predicted octanol–water partition coefficient (Wildman–Crippen LogP) is 11.8. The lowest BCUT2D eigenvalue weighted by atomic mass is 9.64. The fraction of sp³-hybridized carbons (Fsp3) is 1.00. The Bertz CT molecular complexity index is 449. The maximum atomic E-state index is 12.2. The van der Waals surface area contributed by atoms with Crippen LogP contribution in [0.25, 0.3) is 0 Å². The van der Waals surface area contributed by atoms with E-state index in [1.54, 1.807) is 25.7 Å². The molecule has 3 aliphatic carbocycles. The van der Waals surface area contributed by atoms with Crippen LogP contribution in [0, 0.1) is 35.5 Å². The Morgan fingerprint density at radius 3 is 0.861 bits per heavy atom. The molecular formula is C34H62F2. The molecule has 212 valence electrons. The first kappa shape index (κ1) is 30.4. The largest absolute Gasteiger partial charge is 0.251 e. The van der Waals surface area contributed by atoms with Gasteiger partial charge in [-0.3, -0.25) is 8.78 Å². The summed E-state index contributed by atoms with van der Waals surface area (Å²) in [6, 6.07) is 0. The summed E-state index contributed by atoms with van der Waals surface area (Å²) >= 11 is 0. The van der Waals surface area contributed by atoms with E-state index in [1.807, 2.05) is 0 Å². The highest BCUT2D eigenvalue weighted by Gasteiger charge is 2.34. The molecule has 0 aromatic rings. The summed E-state index contributed by atoms with van der Waals surface area (Å²) in [5, 5.41) is 0. The molecule has 0 N–H and O–H groups in total. The quantitative estimate of drug-likeness (QED) is 0.161. The van der Waals surface area contributed by atoms with Gasteiger partial charge in [0.1, 0.15) is 0 Å². The van der Waals surface area contributed by atoms with Gasteiger partial charge in [-0.15, -0.1) is 0 Å². The van der Waals surface area contributed by atoms with Gasteiger partial charge < -0.3 is 0 Å². The number of alkyl halides is 2. The Morgan fingerprint density at radius 1 is 0.306 bits per heavy atom. The van der Waals surface area contributed by atoms with Crippen LogP contribution in [0.1, 0.15) is 167 Å². The van der Waals surface area contributed by atoms with Crippen molar-refractivity contribution >= 4 is 0 Å². The molecule has 0 aliphatic heterocycles. The molecule has 0 aromatic carbocycles. The SMILES string of the molecule is FCCCCCCCCC1CCC(C2CCC(C3CCC(CCCCCCCCF)CC3)CC2)CC1. The predicted molar refractivity (Wildman–Crippen MR) is 153 cm³/mol. The molecule has 0 aromatic heterocycles. The van der Waals surface area contributed by atoms with Crippen LogP contribution < -0.4 is 0 Å². The van der Waals surface area contributed by atoms with E-state index in [4.69, 9.17) is 0 Å². The third-order valence-corrected chi connectivity index (χ3v) is 10.9. The molecule has 0 unspecified atom stereocenters. The minimum absolute atomic E-state index is 0.127. The van der Waals surface area contributed by atoms with Crippen molar-refractivity contribution < 1.29 is 8.78 Å². The number of halogens is 2. The first-order chi connectivity index (χ1) is 17.8. The second-order valence-electron chi connectivity index (χ2n) is 13.4. The van der Waals surface area contributed by atoms with E-state index >= 15 is 0 Å². The average molecular weight is 509 g/mol. The van der Waals surface area contributed by atoms with Gasteiger partial charge in [0.05, 0.1) is 13.3 Å². The lowest BCUT2D eigenvalue weighted by Crippen LogP contribution is -2.29. The maximum absolute atomic E-state index is 12.2. The van der Waals surface area contributed by atoms with Gasteiger partial charge in [-0.25, -0.2) is 0 Å². The molecular weight excluding hydrogens is 446 g/mol. The van der Waals surface area contributed by atoms with Crippen LogP contribution >= 0.6 is 0 Å². The maximum Gasteiger partial charge on any atom is 0.0894 e. The van der Waals surface area contributed by atoms with Gasteiger partial charge in [-0.2, -0.15) is 0 Å². The monoisotopic (exact) mass is 508 g/mol. The van der Waals surface area contributed by atoms with Crippen molar-refractivity contribution in [2.45, 2.75) is 167 Å². The van der Waals surface area contributed by atoms with Crippen molar-refractivity contribution in [3.8, 4) is 0 Å². The van der Waals surface area contributed by atoms with Crippen LogP contribution in [0.4, 0.5) is 8.78 Å². The number of hydrogen-bond acceptors (Lipinski definition) is 0. The summed E-state index contributed by atoms with van der Waals surface area (Å²) in [6.07, 6.45) is 35.7. The van der Waals surface area contributed by atoms with Gasteiger partial charge >= 0.3 is 0 Å².